The van der Waals surface area contributed by atoms with Gasteiger partial charge in [-0.2, -0.15) is 15.0 Å². The van der Waals surface area contributed by atoms with Gasteiger partial charge < -0.3 is 9.84 Å². The highest BCUT2D eigenvalue weighted by atomic mass is 16.5. The Morgan fingerprint density at radius 2 is 2.12 bits per heavy atom. The van der Waals surface area contributed by atoms with Crippen molar-refractivity contribution in [1.82, 2.24) is 15.0 Å². The molecule has 1 heterocycles. The number of hydrogen-bond acceptors (Lipinski definition) is 4. The number of carboxylic acid groups (broad SMARTS) is 1. The van der Waals surface area contributed by atoms with Gasteiger partial charge in [0.25, 0.3) is 0 Å². The number of aromatic nitrogens is 3. The molecule has 0 amide bonds. The van der Waals surface area contributed by atoms with Crippen molar-refractivity contribution >= 4 is 5.97 Å². The van der Waals surface area contributed by atoms with E-state index in [9.17, 15) is 4.79 Å². The maximum Gasteiger partial charge on any atom is 0.337 e. The Labute approximate surface area is 97.4 Å². The van der Waals surface area contributed by atoms with E-state index in [-0.39, 0.29) is 5.56 Å². The van der Waals surface area contributed by atoms with Crippen molar-refractivity contribution in [3.05, 3.63) is 36.2 Å². The Hall–Kier alpha value is -2.37. The molecule has 0 aliphatic heterocycles. The summed E-state index contributed by atoms with van der Waals surface area (Å²) in [6.07, 6.45) is 2.97. The van der Waals surface area contributed by atoms with E-state index in [2.05, 4.69) is 10.2 Å². The molecule has 0 fully saturated rings. The van der Waals surface area contributed by atoms with E-state index in [1.807, 2.05) is 6.92 Å². The molecule has 0 atom stereocenters. The van der Waals surface area contributed by atoms with Crippen molar-refractivity contribution in [2.75, 3.05) is 6.61 Å². The van der Waals surface area contributed by atoms with Gasteiger partial charge in [0.15, 0.2) is 0 Å². The van der Waals surface area contributed by atoms with Crippen molar-refractivity contribution in [3.63, 3.8) is 0 Å². The van der Waals surface area contributed by atoms with Gasteiger partial charge in [-0.15, -0.1) is 0 Å². The van der Waals surface area contributed by atoms with Crippen LogP contribution < -0.4 is 4.74 Å². The largest absolute Gasteiger partial charge is 0.494 e. The SMILES string of the molecule is CCOc1ccc(C(=O)O)c(-n2nccn2)c1. The Morgan fingerprint density at radius 1 is 1.41 bits per heavy atom. The minimum atomic E-state index is -1.03. The molecule has 0 unspecified atom stereocenters. The van der Waals surface area contributed by atoms with Gasteiger partial charge >= 0.3 is 5.97 Å². The van der Waals surface area contributed by atoms with Gasteiger partial charge in [0, 0.05) is 6.07 Å². The van der Waals surface area contributed by atoms with Crippen molar-refractivity contribution in [3.8, 4) is 11.4 Å². The fourth-order valence-corrected chi connectivity index (χ4v) is 1.45. The number of ether oxygens (including phenoxy) is 1. The number of benzene rings is 1. The lowest BCUT2D eigenvalue weighted by molar-refractivity contribution is 0.0696. The monoisotopic (exact) mass is 233 g/mol. The van der Waals surface area contributed by atoms with E-state index in [0.29, 0.717) is 18.0 Å². The molecule has 17 heavy (non-hydrogen) atoms. The molecule has 1 aromatic heterocycles. The highest BCUT2D eigenvalue weighted by Gasteiger charge is 2.13. The van der Waals surface area contributed by atoms with E-state index in [4.69, 9.17) is 9.84 Å². The van der Waals surface area contributed by atoms with Crippen molar-refractivity contribution in [1.29, 1.82) is 0 Å². The minimum Gasteiger partial charge on any atom is -0.494 e. The van der Waals surface area contributed by atoms with Crippen LogP contribution in [0.5, 0.6) is 5.75 Å². The first-order valence-corrected chi connectivity index (χ1v) is 5.09. The first-order valence-electron chi connectivity index (χ1n) is 5.09. The van der Waals surface area contributed by atoms with Crippen molar-refractivity contribution in [2.45, 2.75) is 6.92 Å². The van der Waals surface area contributed by atoms with Gasteiger partial charge in [0.05, 0.1) is 24.6 Å². The number of hydrogen-bond donors (Lipinski definition) is 1. The molecule has 0 saturated carbocycles. The molecule has 2 rings (SSSR count). The number of nitrogens with zero attached hydrogens (tertiary/aromatic N) is 3. The lowest BCUT2D eigenvalue weighted by Crippen LogP contribution is -2.08. The average Bonchev–Trinajstić information content (AvgIpc) is 2.82. The van der Waals surface area contributed by atoms with Gasteiger partial charge in [-0.3, -0.25) is 0 Å². The summed E-state index contributed by atoms with van der Waals surface area (Å²) in [6.45, 7) is 2.37. The molecule has 6 nitrogen and oxygen atoms in total. The first kappa shape index (κ1) is 11.1. The topological polar surface area (TPSA) is 77.2 Å². The summed E-state index contributed by atoms with van der Waals surface area (Å²) in [5.74, 6) is -0.440. The smallest absolute Gasteiger partial charge is 0.337 e. The van der Waals surface area contributed by atoms with Crippen LogP contribution >= 0.6 is 0 Å². The Kier molecular flexibility index (Phi) is 3.04. The van der Waals surface area contributed by atoms with E-state index in [1.54, 1.807) is 12.1 Å². The average molecular weight is 233 g/mol. The van der Waals surface area contributed by atoms with Crippen LogP contribution in [-0.4, -0.2) is 32.7 Å². The summed E-state index contributed by atoms with van der Waals surface area (Å²) < 4.78 is 5.32. The lowest BCUT2D eigenvalue weighted by atomic mass is 10.2. The van der Waals surface area contributed by atoms with Gasteiger partial charge in [0.2, 0.25) is 0 Å². The third-order valence-electron chi connectivity index (χ3n) is 2.14. The molecule has 0 saturated heterocycles. The molecule has 88 valence electrons. The molecule has 2 aromatic rings. The standard InChI is InChI=1S/C11H11N3O3/c1-2-17-8-3-4-9(11(15)16)10(7-8)14-12-5-6-13-14/h3-7H,2H2,1H3,(H,15,16). The van der Waals surface area contributed by atoms with Crippen LogP contribution in [0.15, 0.2) is 30.6 Å². The summed E-state index contributed by atoms with van der Waals surface area (Å²) in [4.78, 5) is 12.3. The molecule has 0 aliphatic rings. The lowest BCUT2D eigenvalue weighted by Gasteiger charge is -2.08. The molecule has 1 aromatic carbocycles. The van der Waals surface area contributed by atoms with Crippen LogP contribution in [0, 0.1) is 0 Å². The van der Waals surface area contributed by atoms with E-state index in [1.165, 1.54) is 23.3 Å². The van der Waals surface area contributed by atoms with Gasteiger partial charge in [-0.05, 0) is 19.1 Å². The van der Waals surface area contributed by atoms with Crippen LogP contribution in [-0.2, 0) is 0 Å². The summed E-state index contributed by atoms with van der Waals surface area (Å²) in [6, 6.07) is 4.69. The third kappa shape index (κ3) is 2.25. The highest BCUT2D eigenvalue weighted by molar-refractivity contribution is 5.92. The van der Waals surface area contributed by atoms with Gasteiger partial charge in [0.1, 0.15) is 11.4 Å². The second-order valence-corrected chi connectivity index (χ2v) is 3.24. The van der Waals surface area contributed by atoms with E-state index in [0.717, 1.165) is 0 Å². The van der Waals surface area contributed by atoms with Crippen molar-refractivity contribution in [2.24, 2.45) is 0 Å². The summed E-state index contributed by atoms with van der Waals surface area (Å²) in [5, 5.41) is 16.9. The first-order chi connectivity index (χ1) is 8.22. The maximum absolute atomic E-state index is 11.1. The fraction of sp³-hybridized carbons (Fsp3) is 0.182. The zero-order chi connectivity index (χ0) is 12.3. The van der Waals surface area contributed by atoms with Crippen molar-refractivity contribution < 1.29 is 14.6 Å². The number of carboxylic acids is 1. The summed E-state index contributed by atoms with van der Waals surface area (Å²) >= 11 is 0. The molecule has 0 spiro atoms. The molecule has 0 radical (unpaired) electrons. The van der Waals surface area contributed by atoms with Crippen LogP contribution in [0.25, 0.3) is 5.69 Å². The van der Waals surface area contributed by atoms with Crippen LogP contribution in [0.4, 0.5) is 0 Å². The number of carbonyl (C=O) groups is 1. The molecule has 6 heteroatoms. The quantitative estimate of drug-likeness (QED) is 0.862. The zero-order valence-electron chi connectivity index (χ0n) is 9.20. The van der Waals surface area contributed by atoms with E-state index >= 15 is 0 Å². The fourth-order valence-electron chi connectivity index (χ4n) is 1.45. The van der Waals surface area contributed by atoms with E-state index < -0.39 is 5.97 Å². The summed E-state index contributed by atoms with van der Waals surface area (Å²) in [5.41, 5.74) is 0.512. The molecular weight excluding hydrogens is 222 g/mol. The Balaban J connectivity index is 2.52. The maximum atomic E-state index is 11.1. The minimum absolute atomic E-state index is 0.129. The van der Waals surface area contributed by atoms with Gasteiger partial charge in [-0.25, -0.2) is 4.79 Å². The predicted molar refractivity (Wildman–Crippen MR) is 59.5 cm³/mol. The zero-order valence-corrected chi connectivity index (χ0v) is 9.20. The Morgan fingerprint density at radius 3 is 2.71 bits per heavy atom. The predicted octanol–water partition coefficient (Wildman–Crippen LogP) is 1.36. The molecule has 1 N–H and O–H groups in total. The van der Waals surface area contributed by atoms with Gasteiger partial charge in [-0.1, -0.05) is 0 Å². The normalized spacial score (nSPS) is 10.2. The summed E-state index contributed by atoms with van der Waals surface area (Å²) in [7, 11) is 0. The highest BCUT2D eigenvalue weighted by Crippen LogP contribution is 2.20. The molecular formula is C11H11N3O3. The second kappa shape index (κ2) is 4.65. The number of aromatic carboxylic acids is 1. The van der Waals surface area contributed by atoms with Crippen LogP contribution in [0.2, 0.25) is 0 Å². The van der Waals surface area contributed by atoms with Crippen LogP contribution in [0.1, 0.15) is 17.3 Å². The molecule has 0 aliphatic carbocycles. The van der Waals surface area contributed by atoms with Crippen LogP contribution in [0.3, 0.4) is 0 Å². The molecule has 0 bridgehead atoms. The Bertz CT molecular complexity index is 523. The second-order valence-electron chi connectivity index (χ2n) is 3.24. The third-order valence-corrected chi connectivity index (χ3v) is 2.14. The number of rotatable bonds is 4.